The number of carbonyl (C=O) groups excluding carboxylic acids is 1. The number of carbonyl (C=O) groups is 1. The summed E-state index contributed by atoms with van der Waals surface area (Å²) in [4.78, 5) is 11.6. The Labute approximate surface area is 105 Å². The molecule has 5 heteroatoms. The molecule has 5 nitrogen and oxygen atoms in total. The predicted molar refractivity (Wildman–Crippen MR) is 63.6 cm³/mol. The molecule has 18 heavy (non-hydrogen) atoms. The van der Waals surface area contributed by atoms with Crippen molar-refractivity contribution < 1.29 is 19.0 Å². The van der Waals surface area contributed by atoms with Gasteiger partial charge >= 0.3 is 0 Å². The predicted octanol–water partition coefficient (Wildman–Crippen LogP) is 0.863. The van der Waals surface area contributed by atoms with Crippen molar-refractivity contribution in [3.05, 3.63) is 23.8 Å². The molecule has 1 N–H and O–H groups in total. The number of benzene rings is 1. The smallest absolute Gasteiger partial charge is 0.231 e. The lowest BCUT2D eigenvalue weighted by atomic mass is 10.1. The summed E-state index contributed by atoms with van der Waals surface area (Å²) >= 11 is 0. The molecule has 0 aliphatic carbocycles. The number of hydrogen-bond acceptors (Lipinski definition) is 4. The number of fused-ring (bicyclic) bond motifs is 1. The Morgan fingerprint density at radius 2 is 2.11 bits per heavy atom. The molecule has 0 spiro atoms. The highest BCUT2D eigenvalue weighted by Crippen LogP contribution is 2.32. The van der Waals surface area contributed by atoms with Crippen molar-refractivity contribution in [2.24, 2.45) is 0 Å². The molecule has 1 aromatic carbocycles. The Kier molecular flexibility index (Phi) is 3.06. The third-order valence-electron chi connectivity index (χ3n) is 3.08. The average Bonchev–Trinajstić information content (AvgIpc) is 2.78. The van der Waals surface area contributed by atoms with E-state index in [9.17, 15) is 4.79 Å². The molecular formula is C13H15NO4. The lowest BCUT2D eigenvalue weighted by Crippen LogP contribution is -2.48. The molecule has 96 valence electrons. The molecular weight excluding hydrogens is 234 g/mol. The number of ether oxygens (including phenoxy) is 3. The fourth-order valence-corrected chi connectivity index (χ4v) is 1.97. The summed E-state index contributed by atoms with van der Waals surface area (Å²) in [5, 5.41) is 2.92. The molecule has 0 aromatic heterocycles. The Hall–Kier alpha value is -1.75. The quantitative estimate of drug-likeness (QED) is 0.860. The first kappa shape index (κ1) is 11.3. The highest BCUT2D eigenvalue weighted by molar-refractivity contribution is 5.76. The van der Waals surface area contributed by atoms with Crippen LogP contribution in [-0.4, -0.2) is 32.0 Å². The van der Waals surface area contributed by atoms with E-state index in [1.54, 1.807) is 0 Å². The van der Waals surface area contributed by atoms with Crippen LogP contribution in [-0.2, 0) is 16.0 Å². The molecule has 0 bridgehead atoms. The van der Waals surface area contributed by atoms with Gasteiger partial charge in [0.25, 0.3) is 0 Å². The van der Waals surface area contributed by atoms with Gasteiger partial charge < -0.3 is 19.5 Å². The third-order valence-corrected chi connectivity index (χ3v) is 3.08. The van der Waals surface area contributed by atoms with Crippen molar-refractivity contribution in [2.45, 2.75) is 18.9 Å². The van der Waals surface area contributed by atoms with Gasteiger partial charge in [-0.1, -0.05) is 6.07 Å². The van der Waals surface area contributed by atoms with E-state index in [0.29, 0.717) is 26.1 Å². The number of rotatable bonds is 4. The van der Waals surface area contributed by atoms with Crippen LogP contribution in [0.5, 0.6) is 11.5 Å². The molecule has 2 aliphatic rings. The van der Waals surface area contributed by atoms with E-state index in [-0.39, 0.29) is 18.7 Å². The summed E-state index contributed by atoms with van der Waals surface area (Å²) in [5.74, 6) is 1.61. The molecule has 2 heterocycles. The largest absolute Gasteiger partial charge is 0.454 e. The van der Waals surface area contributed by atoms with Crippen molar-refractivity contribution in [2.75, 3.05) is 20.0 Å². The van der Waals surface area contributed by atoms with Gasteiger partial charge in [-0.15, -0.1) is 0 Å². The number of nitrogens with one attached hydrogen (secondary N) is 1. The molecule has 2 aliphatic heterocycles. The summed E-state index contributed by atoms with van der Waals surface area (Å²) in [5.41, 5.74) is 1.08. The van der Waals surface area contributed by atoms with Crippen molar-refractivity contribution in [1.82, 2.24) is 5.32 Å². The second-order valence-corrected chi connectivity index (χ2v) is 4.49. The van der Waals surface area contributed by atoms with E-state index >= 15 is 0 Å². The van der Waals surface area contributed by atoms with Crippen molar-refractivity contribution in [1.29, 1.82) is 0 Å². The third kappa shape index (κ3) is 2.41. The van der Waals surface area contributed by atoms with Gasteiger partial charge in [0.05, 0.1) is 19.3 Å². The lowest BCUT2D eigenvalue weighted by Gasteiger charge is -2.26. The first-order valence-electron chi connectivity index (χ1n) is 6.07. The summed E-state index contributed by atoms with van der Waals surface area (Å²) < 4.78 is 15.5. The number of hydrogen-bond donors (Lipinski definition) is 1. The molecule has 1 fully saturated rings. The second kappa shape index (κ2) is 4.86. The van der Waals surface area contributed by atoms with E-state index in [2.05, 4.69) is 5.32 Å². The maximum absolute atomic E-state index is 11.6. The molecule has 3 rings (SSSR count). The molecule has 0 unspecified atom stereocenters. The van der Waals surface area contributed by atoms with Crippen molar-refractivity contribution in [3.8, 4) is 11.5 Å². The van der Waals surface area contributed by atoms with Gasteiger partial charge in [0.1, 0.15) is 0 Å². The van der Waals surface area contributed by atoms with Crippen LogP contribution in [0.25, 0.3) is 0 Å². The minimum absolute atomic E-state index is 0.0703. The Morgan fingerprint density at radius 3 is 2.89 bits per heavy atom. The van der Waals surface area contributed by atoms with E-state index < -0.39 is 0 Å². The Bertz CT molecular complexity index is 456. The van der Waals surface area contributed by atoms with E-state index in [1.165, 1.54) is 0 Å². The zero-order chi connectivity index (χ0) is 12.4. The van der Waals surface area contributed by atoms with Gasteiger partial charge in [-0.2, -0.15) is 0 Å². The highest BCUT2D eigenvalue weighted by Gasteiger charge is 2.20. The second-order valence-electron chi connectivity index (χ2n) is 4.49. The van der Waals surface area contributed by atoms with E-state index in [4.69, 9.17) is 14.2 Å². The van der Waals surface area contributed by atoms with Gasteiger partial charge in [0, 0.05) is 6.42 Å². The van der Waals surface area contributed by atoms with Crippen LogP contribution in [0.15, 0.2) is 18.2 Å². The Morgan fingerprint density at radius 1 is 1.28 bits per heavy atom. The number of aryl methyl sites for hydroxylation is 1. The molecule has 0 atom stereocenters. The summed E-state index contributed by atoms with van der Waals surface area (Å²) in [6.07, 6.45) is 1.19. The average molecular weight is 249 g/mol. The fourth-order valence-electron chi connectivity index (χ4n) is 1.97. The van der Waals surface area contributed by atoms with Gasteiger partial charge in [0.15, 0.2) is 11.5 Å². The Balaban J connectivity index is 1.51. The molecule has 1 saturated heterocycles. The normalized spacial score (nSPS) is 17.3. The molecule has 1 amide bonds. The van der Waals surface area contributed by atoms with Crippen LogP contribution in [0.4, 0.5) is 0 Å². The van der Waals surface area contributed by atoms with Gasteiger partial charge in [0.2, 0.25) is 12.7 Å². The zero-order valence-corrected chi connectivity index (χ0v) is 9.98. The topological polar surface area (TPSA) is 56.8 Å². The van der Waals surface area contributed by atoms with Crippen LogP contribution in [0.1, 0.15) is 12.0 Å². The SMILES string of the molecule is O=C(CCc1ccc2c(c1)OCO2)NC1COC1. The highest BCUT2D eigenvalue weighted by atomic mass is 16.7. The van der Waals surface area contributed by atoms with Crippen molar-refractivity contribution in [3.63, 3.8) is 0 Å². The molecule has 0 radical (unpaired) electrons. The molecule has 1 aromatic rings. The van der Waals surface area contributed by atoms with Crippen LogP contribution in [0.3, 0.4) is 0 Å². The lowest BCUT2D eigenvalue weighted by molar-refractivity contribution is -0.125. The summed E-state index contributed by atoms with van der Waals surface area (Å²) in [6, 6.07) is 5.99. The first-order valence-corrected chi connectivity index (χ1v) is 6.07. The first-order chi connectivity index (χ1) is 8.81. The minimum atomic E-state index is 0.0703. The monoisotopic (exact) mass is 249 g/mol. The standard InChI is InChI=1S/C13H15NO4/c15-13(14-10-6-16-7-10)4-2-9-1-3-11-12(5-9)18-8-17-11/h1,3,5,10H,2,4,6-8H2,(H,14,15). The maximum Gasteiger partial charge on any atom is 0.231 e. The maximum atomic E-state index is 11.6. The van der Waals surface area contributed by atoms with Crippen LogP contribution in [0.2, 0.25) is 0 Å². The summed E-state index contributed by atoms with van der Waals surface area (Å²) in [6.45, 7) is 1.55. The van der Waals surface area contributed by atoms with Gasteiger partial charge in [-0.3, -0.25) is 4.79 Å². The van der Waals surface area contributed by atoms with Gasteiger partial charge in [-0.05, 0) is 24.1 Å². The minimum Gasteiger partial charge on any atom is -0.454 e. The number of amides is 1. The van der Waals surface area contributed by atoms with Crippen LogP contribution < -0.4 is 14.8 Å². The van der Waals surface area contributed by atoms with E-state index in [1.807, 2.05) is 18.2 Å². The van der Waals surface area contributed by atoms with Crippen LogP contribution >= 0.6 is 0 Å². The molecule has 0 saturated carbocycles. The van der Waals surface area contributed by atoms with Crippen molar-refractivity contribution >= 4 is 5.91 Å². The van der Waals surface area contributed by atoms with Crippen LogP contribution in [0, 0.1) is 0 Å². The fraction of sp³-hybridized carbons (Fsp3) is 0.462. The van der Waals surface area contributed by atoms with Gasteiger partial charge in [-0.25, -0.2) is 0 Å². The van der Waals surface area contributed by atoms with E-state index in [0.717, 1.165) is 17.1 Å². The summed E-state index contributed by atoms with van der Waals surface area (Å²) in [7, 11) is 0. The zero-order valence-electron chi connectivity index (χ0n) is 9.98.